The molecule has 6 rings (SSSR count). The quantitative estimate of drug-likeness (QED) is 0.346. The lowest BCUT2D eigenvalue weighted by Gasteiger charge is -2.23. The molecular weight excluding hydrogens is 546 g/mol. The van der Waals surface area contributed by atoms with Crippen LogP contribution in [0.25, 0.3) is 11.2 Å². The molecule has 3 aromatic rings. The van der Waals surface area contributed by atoms with Gasteiger partial charge in [0.1, 0.15) is 12.2 Å². The van der Waals surface area contributed by atoms with Crippen LogP contribution in [0.1, 0.15) is 57.6 Å². The molecule has 0 amide bonds. The van der Waals surface area contributed by atoms with Gasteiger partial charge in [0.2, 0.25) is 5.16 Å². The summed E-state index contributed by atoms with van der Waals surface area (Å²) >= 11 is 0. The normalized spacial score (nSPS) is 29.6. The van der Waals surface area contributed by atoms with E-state index >= 15 is 0 Å². The smallest absolute Gasteiger partial charge is 0.222 e. The van der Waals surface area contributed by atoms with E-state index in [0.717, 1.165) is 6.07 Å². The second kappa shape index (κ2) is 10.6. The van der Waals surface area contributed by atoms with Crippen molar-refractivity contribution in [1.82, 2.24) is 25.0 Å². The first kappa shape index (κ1) is 27.5. The predicted octanol–water partition coefficient (Wildman–Crippen LogP) is 2.83. The molecule has 0 spiro atoms. The molecule has 2 saturated carbocycles. The zero-order chi connectivity index (χ0) is 28.2. The lowest BCUT2D eigenvalue weighted by atomic mass is 10.1. The molecule has 216 valence electrons. The second-order valence-corrected chi connectivity index (χ2v) is 12.3. The molecule has 3 heterocycles. The van der Waals surface area contributed by atoms with E-state index in [1.807, 2.05) is 20.8 Å². The lowest BCUT2D eigenvalue weighted by Crippen LogP contribution is -2.31. The van der Waals surface area contributed by atoms with Crippen molar-refractivity contribution < 1.29 is 32.3 Å². The molecule has 7 atom stereocenters. The monoisotopic (exact) mass is 578 g/mol. The molecule has 2 N–H and O–H groups in total. The van der Waals surface area contributed by atoms with Crippen LogP contribution >= 0.6 is 0 Å². The number of aliphatic hydroxyl groups is 1. The Balaban J connectivity index is 1.34. The second-order valence-electron chi connectivity index (χ2n) is 10.9. The fraction of sp³-hybridized carbons (Fsp3) is 0.615. The lowest BCUT2D eigenvalue weighted by molar-refractivity contribution is -0.171. The molecule has 1 saturated heterocycles. The van der Waals surface area contributed by atoms with E-state index in [9.17, 15) is 18.1 Å². The molecule has 1 aromatic carbocycles. The highest BCUT2D eigenvalue weighted by atomic mass is 32.2. The molecule has 3 aliphatic rings. The average Bonchev–Trinajstić information content (AvgIpc) is 3.25. The number of anilines is 1. The van der Waals surface area contributed by atoms with Crippen molar-refractivity contribution in [3.63, 3.8) is 0 Å². The van der Waals surface area contributed by atoms with Crippen LogP contribution in [0, 0.1) is 11.6 Å². The van der Waals surface area contributed by atoms with Crippen LogP contribution in [-0.4, -0.2) is 83.4 Å². The minimum absolute atomic E-state index is 0.0361. The van der Waals surface area contributed by atoms with E-state index in [1.54, 1.807) is 10.7 Å². The highest BCUT2D eigenvalue weighted by Gasteiger charge is 2.56. The number of benzene rings is 1. The summed E-state index contributed by atoms with van der Waals surface area (Å²) in [5, 5.41) is 21.6. The maximum Gasteiger partial charge on any atom is 0.222 e. The van der Waals surface area contributed by atoms with Crippen molar-refractivity contribution in [2.45, 2.75) is 87.3 Å². The number of aromatic nitrogens is 5. The van der Waals surface area contributed by atoms with Crippen LogP contribution in [0.4, 0.5) is 14.6 Å². The number of hydrogen-bond acceptors (Lipinski definition) is 10. The number of fused-ring (bicyclic) bond motifs is 2. The SMILES string of the molecule is CCCS(=O)c1nc(N[C@@H]2C[C@H]2c2ccc(F)c(F)c2)c2nnn([C@@H]3C[C@H](OCCO)[C@H]4OC(C)(C)O[C@H]43)c2n1. The van der Waals surface area contributed by atoms with Gasteiger partial charge in [-0.1, -0.05) is 18.2 Å². The predicted molar refractivity (Wildman–Crippen MR) is 140 cm³/mol. The highest BCUT2D eigenvalue weighted by Crippen LogP contribution is 2.46. The van der Waals surface area contributed by atoms with Gasteiger partial charge in [0.05, 0.1) is 36.2 Å². The molecular formula is C26H32F2N6O5S. The van der Waals surface area contributed by atoms with Crippen molar-refractivity contribution in [1.29, 1.82) is 0 Å². The summed E-state index contributed by atoms with van der Waals surface area (Å²) in [6, 6.07) is 3.48. The van der Waals surface area contributed by atoms with E-state index < -0.39 is 34.3 Å². The number of aliphatic hydroxyl groups excluding tert-OH is 1. The van der Waals surface area contributed by atoms with Gasteiger partial charge in [0, 0.05) is 24.1 Å². The molecule has 40 heavy (non-hydrogen) atoms. The van der Waals surface area contributed by atoms with Crippen molar-refractivity contribution in [3.05, 3.63) is 35.4 Å². The molecule has 1 aliphatic heterocycles. The Hall–Kier alpha value is -2.65. The van der Waals surface area contributed by atoms with Gasteiger partial charge < -0.3 is 24.6 Å². The first-order valence-electron chi connectivity index (χ1n) is 13.5. The zero-order valence-electron chi connectivity index (χ0n) is 22.4. The maximum absolute atomic E-state index is 13.8. The third-order valence-electron chi connectivity index (χ3n) is 7.50. The molecule has 0 bridgehead atoms. The summed E-state index contributed by atoms with van der Waals surface area (Å²) in [5.74, 6) is -1.86. The van der Waals surface area contributed by atoms with Gasteiger partial charge in [-0.05, 0) is 44.4 Å². The van der Waals surface area contributed by atoms with Gasteiger partial charge in [0.15, 0.2) is 34.4 Å². The van der Waals surface area contributed by atoms with Crippen molar-refractivity contribution in [2.75, 3.05) is 24.3 Å². The van der Waals surface area contributed by atoms with E-state index in [4.69, 9.17) is 14.2 Å². The Morgan fingerprint density at radius 1 is 1.20 bits per heavy atom. The fourth-order valence-electron chi connectivity index (χ4n) is 5.67. The highest BCUT2D eigenvalue weighted by molar-refractivity contribution is 7.84. The number of halogens is 2. The zero-order valence-corrected chi connectivity index (χ0v) is 23.2. The molecule has 11 nitrogen and oxygen atoms in total. The summed E-state index contributed by atoms with van der Waals surface area (Å²) in [5.41, 5.74) is 1.50. The molecule has 3 fully saturated rings. The van der Waals surface area contributed by atoms with E-state index in [-0.39, 0.29) is 48.6 Å². The van der Waals surface area contributed by atoms with Crippen LogP contribution in [0.3, 0.4) is 0 Å². The number of hydrogen-bond donors (Lipinski definition) is 2. The standard InChI is InChI=1S/C26H32F2N6O5S/c1-4-9-40(36)25-30-23(29-17-11-14(17)13-5-6-15(27)16(28)10-13)20-24(31-25)34(33-32-20)18-12-19(37-8-7-35)22-21(18)38-26(2,3)39-22/h5-6,10,14,17-19,21-22,35H,4,7-9,11-12H2,1-3H3,(H,29,30,31)/t14-,17+,18+,19-,21-,22+,40?/m0/s1. The molecule has 14 heteroatoms. The topological polar surface area (TPSA) is 134 Å². The number of ether oxygens (including phenoxy) is 3. The summed E-state index contributed by atoms with van der Waals surface area (Å²) in [6.45, 7) is 5.65. The first-order valence-corrected chi connectivity index (χ1v) is 14.8. The van der Waals surface area contributed by atoms with Crippen molar-refractivity contribution in [2.24, 2.45) is 0 Å². The maximum atomic E-state index is 13.8. The van der Waals surface area contributed by atoms with Crippen LogP contribution in [-0.2, 0) is 25.0 Å². The van der Waals surface area contributed by atoms with Gasteiger partial charge in [0.25, 0.3) is 0 Å². The molecule has 0 radical (unpaired) electrons. The number of rotatable bonds is 10. The summed E-state index contributed by atoms with van der Waals surface area (Å²) in [6.07, 6.45) is 0.757. The van der Waals surface area contributed by atoms with Gasteiger partial charge in [-0.15, -0.1) is 5.10 Å². The summed E-state index contributed by atoms with van der Waals surface area (Å²) < 4.78 is 60.2. The minimum Gasteiger partial charge on any atom is -0.394 e. The summed E-state index contributed by atoms with van der Waals surface area (Å²) in [7, 11) is -1.45. The van der Waals surface area contributed by atoms with E-state index in [0.29, 0.717) is 47.6 Å². The molecule has 1 unspecified atom stereocenters. The summed E-state index contributed by atoms with van der Waals surface area (Å²) in [4.78, 5) is 9.20. The Labute approximate surface area is 232 Å². The van der Waals surface area contributed by atoms with Crippen LogP contribution in [0.5, 0.6) is 0 Å². The largest absolute Gasteiger partial charge is 0.394 e. The molecule has 2 aromatic heterocycles. The van der Waals surface area contributed by atoms with Crippen molar-refractivity contribution >= 4 is 27.8 Å². The van der Waals surface area contributed by atoms with Crippen LogP contribution in [0.15, 0.2) is 23.4 Å². The first-order chi connectivity index (χ1) is 19.2. The fourth-order valence-corrected chi connectivity index (χ4v) is 6.60. The third kappa shape index (κ3) is 5.11. The third-order valence-corrected chi connectivity index (χ3v) is 8.87. The van der Waals surface area contributed by atoms with Gasteiger partial charge in [-0.2, -0.15) is 4.98 Å². The van der Waals surface area contributed by atoms with Gasteiger partial charge >= 0.3 is 0 Å². The Kier molecular flexibility index (Phi) is 7.32. The average molecular weight is 579 g/mol. The minimum atomic E-state index is -1.45. The Bertz CT molecular complexity index is 1440. The van der Waals surface area contributed by atoms with Gasteiger partial charge in [-0.25, -0.2) is 18.4 Å². The Morgan fingerprint density at radius 2 is 2.00 bits per heavy atom. The molecule has 2 aliphatic carbocycles. The van der Waals surface area contributed by atoms with Gasteiger partial charge in [-0.3, -0.25) is 4.21 Å². The van der Waals surface area contributed by atoms with Crippen LogP contribution in [0.2, 0.25) is 0 Å². The van der Waals surface area contributed by atoms with Crippen LogP contribution < -0.4 is 5.32 Å². The number of nitrogens with one attached hydrogen (secondary N) is 1. The van der Waals surface area contributed by atoms with Crippen molar-refractivity contribution in [3.8, 4) is 0 Å². The Morgan fingerprint density at radius 3 is 2.75 bits per heavy atom. The van der Waals surface area contributed by atoms with E-state index in [1.165, 1.54) is 6.07 Å². The number of nitrogens with zero attached hydrogens (tertiary/aromatic N) is 5. The van der Waals surface area contributed by atoms with E-state index in [2.05, 4.69) is 25.6 Å².